The maximum absolute atomic E-state index is 6.08. The van der Waals surface area contributed by atoms with E-state index in [9.17, 15) is 0 Å². The van der Waals surface area contributed by atoms with Crippen LogP contribution in [-0.4, -0.2) is 13.6 Å². The van der Waals surface area contributed by atoms with Crippen LogP contribution < -0.4 is 10.6 Å². The van der Waals surface area contributed by atoms with Crippen LogP contribution in [0.2, 0.25) is 0 Å². The van der Waals surface area contributed by atoms with Crippen molar-refractivity contribution >= 4 is 5.69 Å². The van der Waals surface area contributed by atoms with E-state index in [0.717, 1.165) is 13.0 Å². The zero-order chi connectivity index (χ0) is 11.4. The maximum Gasteiger partial charge on any atom is 0.0412 e. The Morgan fingerprint density at radius 2 is 1.81 bits per heavy atom. The normalized spacial score (nSPS) is 22.6. The molecule has 0 saturated heterocycles. The van der Waals surface area contributed by atoms with E-state index in [1.54, 1.807) is 0 Å². The fraction of sp³-hybridized carbons (Fsp3) is 0.571. The summed E-state index contributed by atoms with van der Waals surface area (Å²) in [5, 5.41) is 0. The molecule has 1 saturated carbocycles. The van der Waals surface area contributed by atoms with E-state index >= 15 is 0 Å². The summed E-state index contributed by atoms with van der Waals surface area (Å²) >= 11 is 0. The SMILES string of the molecule is C1CC1.CN1CCCC(N)c2ccccc21. The molecule has 1 aliphatic heterocycles. The summed E-state index contributed by atoms with van der Waals surface area (Å²) in [6, 6.07) is 8.66. The highest BCUT2D eigenvalue weighted by atomic mass is 15.1. The molecule has 1 aliphatic carbocycles. The fourth-order valence-corrected chi connectivity index (χ4v) is 1.97. The minimum absolute atomic E-state index is 0.223. The van der Waals surface area contributed by atoms with Crippen LogP contribution in [0.1, 0.15) is 43.7 Å². The molecule has 1 fully saturated rings. The Labute approximate surface area is 98.4 Å². The number of benzene rings is 1. The molecule has 0 spiro atoms. The van der Waals surface area contributed by atoms with Gasteiger partial charge in [0.1, 0.15) is 0 Å². The van der Waals surface area contributed by atoms with Crippen LogP contribution in [0.3, 0.4) is 0 Å². The monoisotopic (exact) mass is 218 g/mol. The molecule has 0 amide bonds. The van der Waals surface area contributed by atoms with Crippen molar-refractivity contribution in [3.05, 3.63) is 29.8 Å². The van der Waals surface area contributed by atoms with Gasteiger partial charge in [-0.2, -0.15) is 0 Å². The predicted molar refractivity (Wildman–Crippen MR) is 69.7 cm³/mol. The lowest BCUT2D eigenvalue weighted by Gasteiger charge is -2.19. The Morgan fingerprint density at radius 3 is 2.50 bits per heavy atom. The van der Waals surface area contributed by atoms with E-state index in [-0.39, 0.29) is 6.04 Å². The topological polar surface area (TPSA) is 29.3 Å². The molecule has 1 aromatic rings. The Hall–Kier alpha value is -1.02. The van der Waals surface area contributed by atoms with Gasteiger partial charge in [0, 0.05) is 25.3 Å². The standard InChI is InChI=1S/C11H16N2.C3H6/c1-13-8-4-6-10(12)9-5-2-3-7-11(9)13;1-2-3-1/h2-3,5,7,10H,4,6,8,12H2,1H3;1-3H2. The summed E-state index contributed by atoms with van der Waals surface area (Å²) in [6.07, 6.45) is 6.79. The van der Waals surface area contributed by atoms with E-state index in [0.29, 0.717) is 0 Å². The van der Waals surface area contributed by atoms with Crippen molar-refractivity contribution in [3.63, 3.8) is 0 Å². The van der Waals surface area contributed by atoms with Crippen LogP contribution in [0.25, 0.3) is 0 Å². The molecule has 3 rings (SSSR count). The number of rotatable bonds is 0. The van der Waals surface area contributed by atoms with Crippen molar-refractivity contribution in [1.29, 1.82) is 0 Å². The average molecular weight is 218 g/mol. The first kappa shape index (κ1) is 11.5. The van der Waals surface area contributed by atoms with E-state index in [1.807, 2.05) is 0 Å². The molecule has 2 heteroatoms. The number of hydrogen-bond acceptors (Lipinski definition) is 2. The number of para-hydroxylation sites is 1. The van der Waals surface area contributed by atoms with E-state index in [4.69, 9.17) is 5.73 Å². The summed E-state index contributed by atoms with van der Waals surface area (Å²) < 4.78 is 0. The summed E-state index contributed by atoms with van der Waals surface area (Å²) in [7, 11) is 2.14. The zero-order valence-electron chi connectivity index (χ0n) is 10.2. The zero-order valence-corrected chi connectivity index (χ0v) is 10.2. The molecule has 0 aromatic heterocycles. The van der Waals surface area contributed by atoms with Crippen LogP contribution in [0.15, 0.2) is 24.3 Å². The van der Waals surface area contributed by atoms with Gasteiger partial charge in [0.15, 0.2) is 0 Å². The highest BCUT2D eigenvalue weighted by Crippen LogP contribution is 2.29. The molecule has 1 atom stereocenters. The molecule has 16 heavy (non-hydrogen) atoms. The van der Waals surface area contributed by atoms with Gasteiger partial charge in [0.05, 0.1) is 0 Å². The number of hydrogen-bond donors (Lipinski definition) is 1. The summed E-state index contributed by atoms with van der Waals surface area (Å²) in [4.78, 5) is 2.29. The second-order valence-corrected chi connectivity index (χ2v) is 4.79. The first-order valence-electron chi connectivity index (χ1n) is 6.34. The van der Waals surface area contributed by atoms with Crippen LogP contribution in [-0.2, 0) is 0 Å². The van der Waals surface area contributed by atoms with Crippen molar-refractivity contribution in [3.8, 4) is 0 Å². The van der Waals surface area contributed by atoms with Gasteiger partial charge in [-0.1, -0.05) is 37.5 Å². The first-order chi connectivity index (χ1) is 7.79. The van der Waals surface area contributed by atoms with Crippen molar-refractivity contribution in [1.82, 2.24) is 0 Å². The Balaban J connectivity index is 0.000000278. The molecule has 0 radical (unpaired) electrons. The largest absolute Gasteiger partial charge is 0.374 e. The van der Waals surface area contributed by atoms with Crippen molar-refractivity contribution in [2.45, 2.75) is 38.1 Å². The van der Waals surface area contributed by atoms with E-state index in [1.165, 1.54) is 36.9 Å². The molecule has 2 nitrogen and oxygen atoms in total. The molecule has 0 bridgehead atoms. The van der Waals surface area contributed by atoms with Crippen LogP contribution in [0.5, 0.6) is 0 Å². The van der Waals surface area contributed by atoms with E-state index < -0.39 is 0 Å². The molecule has 1 unspecified atom stereocenters. The van der Waals surface area contributed by atoms with Gasteiger partial charge >= 0.3 is 0 Å². The molecule has 2 N–H and O–H groups in total. The highest BCUT2D eigenvalue weighted by Gasteiger charge is 2.16. The average Bonchev–Trinajstić information content (AvgIpc) is 3.15. The second-order valence-electron chi connectivity index (χ2n) is 4.79. The Kier molecular flexibility index (Phi) is 3.83. The molecule has 2 aliphatic rings. The first-order valence-corrected chi connectivity index (χ1v) is 6.34. The van der Waals surface area contributed by atoms with Crippen molar-refractivity contribution < 1.29 is 0 Å². The lowest BCUT2D eigenvalue weighted by molar-refractivity contribution is 0.633. The van der Waals surface area contributed by atoms with Gasteiger partial charge in [0.2, 0.25) is 0 Å². The van der Waals surface area contributed by atoms with Crippen LogP contribution in [0.4, 0.5) is 5.69 Å². The molecule has 1 aromatic carbocycles. The summed E-state index contributed by atoms with van der Waals surface area (Å²) in [5.74, 6) is 0. The number of anilines is 1. The molecule has 88 valence electrons. The lowest BCUT2D eigenvalue weighted by atomic mass is 10.0. The Bertz CT molecular complexity index is 302. The minimum atomic E-state index is 0.223. The third-order valence-corrected chi connectivity index (χ3v) is 3.11. The fourth-order valence-electron chi connectivity index (χ4n) is 1.97. The van der Waals surface area contributed by atoms with Gasteiger partial charge in [-0.3, -0.25) is 0 Å². The maximum atomic E-state index is 6.08. The van der Waals surface area contributed by atoms with Gasteiger partial charge in [0.25, 0.3) is 0 Å². The van der Waals surface area contributed by atoms with Gasteiger partial charge < -0.3 is 10.6 Å². The smallest absolute Gasteiger partial charge is 0.0412 e. The third kappa shape index (κ3) is 2.99. The minimum Gasteiger partial charge on any atom is -0.374 e. The quantitative estimate of drug-likeness (QED) is 0.725. The van der Waals surface area contributed by atoms with Crippen molar-refractivity contribution in [2.24, 2.45) is 5.73 Å². The summed E-state index contributed by atoms with van der Waals surface area (Å²) in [6.45, 7) is 1.12. The third-order valence-electron chi connectivity index (χ3n) is 3.11. The van der Waals surface area contributed by atoms with Gasteiger partial charge in [-0.25, -0.2) is 0 Å². The number of nitrogens with two attached hydrogens (primary N) is 1. The Morgan fingerprint density at radius 1 is 1.12 bits per heavy atom. The van der Waals surface area contributed by atoms with Crippen LogP contribution >= 0.6 is 0 Å². The molecular formula is C14H22N2. The van der Waals surface area contributed by atoms with Crippen molar-refractivity contribution in [2.75, 3.05) is 18.5 Å². The highest BCUT2D eigenvalue weighted by molar-refractivity contribution is 5.55. The second kappa shape index (κ2) is 5.35. The molecule has 1 heterocycles. The van der Waals surface area contributed by atoms with Crippen LogP contribution in [0, 0.1) is 0 Å². The van der Waals surface area contributed by atoms with E-state index in [2.05, 4.69) is 36.2 Å². The predicted octanol–water partition coefficient (Wildman–Crippen LogP) is 3.09. The number of fused-ring (bicyclic) bond motifs is 1. The number of nitrogens with zero attached hydrogens (tertiary/aromatic N) is 1. The summed E-state index contributed by atoms with van der Waals surface area (Å²) in [5.41, 5.74) is 8.67. The molecular weight excluding hydrogens is 196 g/mol. The van der Waals surface area contributed by atoms with Gasteiger partial charge in [-0.05, 0) is 24.5 Å². The van der Waals surface area contributed by atoms with Gasteiger partial charge in [-0.15, -0.1) is 0 Å². The lowest BCUT2D eigenvalue weighted by Crippen LogP contribution is -2.17.